The molecule has 4 nitrogen and oxygen atoms in total. The van der Waals surface area contributed by atoms with Crippen molar-refractivity contribution in [2.45, 2.75) is 42.7 Å². The van der Waals surface area contributed by atoms with E-state index in [1.165, 1.54) is 15.6 Å². The fraction of sp³-hybridized carbons (Fsp3) is 0.636. The number of thiophene rings is 1. The quantitative estimate of drug-likeness (QED) is 0.799. The summed E-state index contributed by atoms with van der Waals surface area (Å²) in [6.07, 6.45) is 3.44. The van der Waals surface area contributed by atoms with Gasteiger partial charge in [-0.3, -0.25) is 0 Å². The molecule has 1 aliphatic carbocycles. The Labute approximate surface area is 134 Å². The second kappa shape index (κ2) is 6.11. The van der Waals surface area contributed by atoms with Crippen molar-refractivity contribution < 1.29 is 8.42 Å². The number of sulfonamides is 1. The summed E-state index contributed by atoms with van der Waals surface area (Å²) in [6.45, 7) is 0. The Bertz CT molecular complexity index is 551. The lowest BCUT2D eigenvalue weighted by molar-refractivity contribution is 0.268. The molecule has 2 rings (SSSR count). The van der Waals surface area contributed by atoms with Crippen LogP contribution in [0.25, 0.3) is 0 Å². The van der Waals surface area contributed by atoms with Crippen LogP contribution >= 0.6 is 43.2 Å². The van der Waals surface area contributed by atoms with Gasteiger partial charge in [0.1, 0.15) is 4.90 Å². The zero-order valence-corrected chi connectivity index (χ0v) is 15.3. The Morgan fingerprint density at radius 2 is 1.89 bits per heavy atom. The zero-order chi connectivity index (χ0) is 14.2. The number of hydrogen-bond acceptors (Lipinski definition) is 4. The van der Waals surface area contributed by atoms with Gasteiger partial charge in [-0.25, -0.2) is 8.42 Å². The third-order valence-corrected chi connectivity index (χ3v) is 8.20. The fourth-order valence-corrected chi connectivity index (χ4v) is 7.49. The van der Waals surface area contributed by atoms with Crippen LogP contribution in [0.15, 0.2) is 18.5 Å². The van der Waals surface area contributed by atoms with Crippen LogP contribution in [0.3, 0.4) is 0 Å². The van der Waals surface area contributed by atoms with Crippen molar-refractivity contribution in [1.82, 2.24) is 4.31 Å². The molecule has 1 heterocycles. The van der Waals surface area contributed by atoms with Gasteiger partial charge in [0, 0.05) is 19.1 Å². The summed E-state index contributed by atoms with van der Waals surface area (Å²) in [7, 11) is -1.78. The SMILES string of the molecule is CN(C1CCC(N)CC1)S(=O)(=O)c1cc(Br)sc1Br. The standard InChI is InChI=1S/C11H16Br2N2O2S2/c1-15(8-4-2-7(14)3-5-8)19(16,17)9-6-10(12)18-11(9)13/h6-8H,2-5,14H2,1H3. The second-order valence-electron chi connectivity index (χ2n) is 4.78. The molecule has 1 aromatic heterocycles. The highest BCUT2D eigenvalue weighted by Gasteiger charge is 2.32. The van der Waals surface area contributed by atoms with Crippen molar-refractivity contribution in [1.29, 1.82) is 0 Å². The molecule has 0 spiro atoms. The van der Waals surface area contributed by atoms with Crippen molar-refractivity contribution in [3.8, 4) is 0 Å². The van der Waals surface area contributed by atoms with Gasteiger partial charge in [0.25, 0.3) is 0 Å². The van der Waals surface area contributed by atoms with Gasteiger partial charge in [0.05, 0.1) is 7.57 Å². The Morgan fingerprint density at radius 1 is 1.32 bits per heavy atom. The van der Waals surface area contributed by atoms with Crippen molar-refractivity contribution in [2.75, 3.05) is 7.05 Å². The van der Waals surface area contributed by atoms with Crippen molar-refractivity contribution in [2.24, 2.45) is 5.73 Å². The van der Waals surface area contributed by atoms with E-state index in [2.05, 4.69) is 31.9 Å². The first kappa shape index (κ1) is 15.9. The molecule has 0 radical (unpaired) electrons. The van der Waals surface area contributed by atoms with Crippen molar-refractivity contribution in [3.05, 3.63) is 13.6 Å². The molecule has 1 aromatic rings. The molecule has 0 saturated heterocycles. The Balaban J connectivity index is 2.22. The number of rotatable bonds is 3. The molecule has 0 aromatic carbocycles. The average molecular weight is 432 g/mol. The summed E-state index contributed by atoms with van der Waals surface area (Å²) in [5, 5.41) is 0. The van der Waals surface area contributed by atoms with Crippen LogP contribution in [0.1, 0.15) is 25.7 Å². The monoisotopic (exact) mass is 430 g/mol. The van der Waals surface area contributed by atoms with E-state index in [1.807, 2.05) is 0 Å². The van der Waals surface area contributed by atoms with E-state index >= 15 is 0 Å². The topological polar surface area (TPSA) is 63.4 Å². The maximum absolute atomic E-state index is 12.6. The minimum atomic E-state index is -3.44. The minimum Gasteiger partial charge on any atom is -0.328 e. The normalized spacial score (nSPS) is 24.9. The highest BCUT2D eigenvalue weighted by atomic mass is 79.9. The van der Waals surface area contributed by atoms with Crippen LogP contribution in [0.4, 0.5) is 0 Å². The Hall–Kier alpha value is 0.530. The molecule has 0 amide bonds. The smallest absolute Gasteiger partial charge is 0.245 e. The van der Waals surface area contributed by atoms with Gasteiger partial charge in [-0.05, 0) is 63.6 Å². The van der Waals surface area contributed by atoms with E-state index in [9.17, 15) is 8.42 Å². The molecular weight excluding hydrogens is 416 g/mol. The molecule has 8 heteroatoms. The molecule has 0 bridgehead atoms. The first-order chi connectivity index (χ1) is 8.82. The van der Waals surface area contributed by atoms with E-state index in [-0.39, 0.29) is 12.1 Å². The molecule has 108 valence electrons. The lowest BCUT2D eigenvalue weighted by atomic mass is 9.92. The van der Waals surface area contributed by atoms with Gasteiger partial charge in [0.2, 0.25) is 10.0 Å². The number of halogens is 2. The number of nitrogens with zero attached hydrogens (tertiary/aromatic N) is 1. The van der Waals surface area contributed by atoms with E-state index in [1.54, 1.807) is 13.1 Å². The van der Waals surface area contributed by atoms with E-state index in [4.69, 9.17) is 5.73 Å². The van der Waals surface area contributed by atoms with Gasteiger partial charge < -0.3 is 5.73 Å². The third kappa shape index (κ3) is 3.41. The minimum absolute atomic E-state index is 0.0513. The van der Waals surface area contributed by atoms with Crippen molar-refractivity contribution >= 4 is 53.2 Å². The Morgan fingerprint density at radius 3 is 2.37 bits per heavy atom. The molecule has 1 aliphatic rings. The summed E-state index contributed by atoms with van der Waals surface area (Å²) in [5.74, 6) is 0. The average Bonchev–Trinajstić information content (AvgIpc) is 2.69. The van der Waals surface area contributed by atoms with Gasteiger partial charge in [-0.15, -0.1) is 11.3 Å². The third-order valence-electron chi connectivity index (χ3n) is 3.54. The molecule has 0 atom stereocenters. The lowest BCUT2D eigenvalue weighted by Gasteiger charge is -2.32. The second-order valence-corrected chi connectivity index (χ2v) is 10.5. The van der Waals surface area contributed by atoms with Crippen LogP contribution in [0.2, 0.25) is 0 Å². The first-order valence-electron chi connectivity index (χ1n) is 6.01. The maximum atomic E-state index is 12.6. The maximum Gasteiger partial charge on any atom is 0.245 e. The van der Waals surface area contributed by atoms with Crippen LogP contribution in [0, 0.1) is 0 Å². The lowest BCUT2D eigenvalue weighted by Crippen LogP contribution is -2.41. The first-order valence-corrected chi connectivity index (χ1v) is 9.85. The van der Waals surface area contributed by atoms with Crippen LogP contribution in [-0.2, 0) is 10.0 Å². The summed E-state index contributed by atoms with van der Waals surface area (Å²) in [5.41, 5.74) is 5.86. The Kier molecular flexibility index (Phi) is 5.12. The predicted octanol–water partition coefficient (Wildman–Crippen LogP) is 3.16. The predicted molar refractivity (Wildman–Crippen MR) is 84.9 cm³/mol. The van der Waals surface area contributed by atoms with Crippen LogP contribution in [0.5, 0.6) is 0 Å². The largest absolute Gasteiger partial charge is 0.328 e. The summed E-state index contributed by atoms with van der Waals surface area (Å²) >= 11 is 8.00. The van der Waals surface area contributed by atoms with E-state index in [0.29, 0.717) is 8.68 Å². The number of nitrogens with two attached hydrogens (primary N) is 1. The van der Waals surface area contributed by atoms with Gasteiger partial charge in [-0.1, -0.05) is 0 Å². The molecule has 0 aliphatic heterocycles. The highest BCUT2D eigenvalue weighted by molar-refractivity contribution is 9.12. The molecule has 0 unspecified atom stereocenters. The molecule has 1 saturated carbocycles. The van der Waals surface area contributed by atoms with Gasteiger partial charge >= 0.3 is 0 Å². The molecular formula is C11H16Br2N2O2S2. The van der Waals surface area contributed by atoms with Crippen LogP contribution < -0.4 is 5.73 Å². The summed E-state index contributed by atoms with van der Waals surface area (Å²) < 4.78 is 28.1. The summed E-state index contributed by atoms with van der Waals surface area (Å²) in [4.78, 5) is 0.335. The summed E-state index contributed by atoms with van der Waals surface area (Å²) in [6, 6.07) is 1.92. The fourth-order valence-electron chi connectivity index (χ4n) is 2.32. The molecule has 1 fully saturated rings. The zero-order valence-electron chi connectivity index (χ0n) is 10.5. The van der Waals surface area contributed by atoms with Gasteiger partial charge in [-0.2, -0.15) is 4.31 Å². The van der Waals surface area contributed by atoms with Crippen molar-refractivity contribution in [3.63, 3.8) is 0 Å². The van der Waals surface area contributed by atoms with E-state index < -0.39 is 10.0 Å². The van der Waals surface area contributed by atoms with Crippen LogP contribution in [-0.4, -0.2) is 31.9 Å². The van der Waals surface area contributed by atoms with E-state index in [0.717, 1.165) is 29.5 Å². The molecule has 2 N–H and O–H groups in total. The highest BCUT2D eigenvalue weighted by Crippen LogP contribution is 2.37. The molecule has 19 heavy (non-hydrogen) atoms. The number of hydrogen-bond donors (Lipinski definition) is 1. The van der Waals surface area contributed by atoms with Gasteiger partial charge in [0.15, 0.2) is 0 Å².